The van der Waals surface area contributed by atoms with E-state index in [1.54, 1.807) is 56.3 Å². The highest BCUT2D eigenvalue weighted by atomic mass is 35.5. The zero-order chi connectivity index (χ0) is 22.1. The number of ether oxygens (including phenoxy) is 1. The summed E-state index contributed by atoms with van der Waals surface area (Å²) in [7, 11) is 0. The molecule has 2 aromatic carbocycles. The minimum atomic E-state index is -1.36. The molecule has 0 aromatic heterocycles. The molecule has 1 aliphatic rings. The number of halogens is 2. The molecule has 0 saturated carbocycles. The van der Waals surface area contributed by atoms with E-state index in [1.807, 2.05) is 6.07 Å². The molecule has 2 aromatic rings. The van der Waals surface area contributed by atoms with E-state index in [1.165, 1.54) is 4.90 Å². The standard InChI is InChI=1S/C21H20Cl2N4O3/c1-12-27(19(28)17(18(26-24)30-12)13-7-5-4-6-8-13)21(2,3)20(29)25-16-10-14(22)9-15(23)11-16/h4-11,17H,1,24H2,2-3H3,(H,25,29). The van der Waals surface area contributed by atoms with Gasteiger partial charge in [-0.15, -0.1) is 5.10 Å². The molecular weight excluding hydrogens is 427 g/mol. The fourth-order valence-corrected chi connectivity index (χ4v) is 3.74. The van der Waals surface area contributed by atoms with Crippen LogP contribution in [0.4, 0.5) is 5.69 Å². The van der Waals surface area contributed by atoms with E-state index in [4.69, 9.17) is 33.8 Å². The predicted octanol–water partition coefficient (Wildman–Crippen LogP) is 4.10. The van der Waals surface area contributed by atoms with Crippen molar-refractivity contribution >= 4 is 46.6 Å². The summed E-state index contributed by atoms with van der Waals surface area (Å²) in [6.45, 7) is 6.93. The largest absolute Gasteiger partial charge is 0.424 e. The smallest absolute Gasteiger partial charge is 0.250 e. The summed E-state index contributed by atoms with van der Waals surface area (Å²) in [6, 6.07) is 13.5. The topological polar surface area (TPSA) is 97.0 Å². The van der Waals surface area contributed by atoms with Crippen molar-refractivity contribution in [2.24, 2.45) is 10.9 Å². The molecule has 1 saturated heterocycles. The number of hydrogen-bond donors (Lipinski definition) is 2. The van der Waals surface area contributed by atoms with E-state index < -0.39 is 23.3 Å². The molecule has 9 heteroatoms. The number of rotatable bonds is 4. The second kappa shape index (κ2) is 8.38. The Kier molecular flexibility index (Phi) is 6.05. The van der Waals surface area contributed by atoms with Crippen LogP contribution in [0.1, 0.15) is 25.3 Å². The number of hydrazone groups is 1. The summed E-state index contributed by atoms with van der Waals surface area (Å²) in [6.07, 6.45) is 0. The van der Waals surface area contributed by atoms with E-state index >= 15 is 0 Å². The van der Waals surface area contributed by atoms with Crippen molar-refractivity contribution in [1.29, 1.82) is 0 Å². The molecule has 0 bridgehead atoms. The second-order valence-electron chi connectivity index (χ2n) is 7.15. The maximum Gasteiger partial charge on any atom is 0.250 e. The van der Waals surface area contributed by atoms with Gasteiger partial charge in [0.25, 0.3) is 0 Å². The summed E-state index contributed by atoms with van der Waals surface area (Å²) in [5, 5.41) is 7.07. The average molecular weight is 447 g/mol. The highest BCUT2D eigenvalue weighted by Gasteiger charge is 2.48. The third kappa shape index (κ3) is 4.13. The zero-order valence-corrected chi connectivity index (χ0v) is 17.9. The Morgan fingerprint density at radius 2 is 1.80 bits per heavy atom. The lowest BCUT2D eigenvalue weighted by molar-refractivity contribution is -0.145. The molecule has 30 heavy (non-hydrogen) atoms. The minimum absolute atomic E-state index is 0.00489. The Balaban J connectivity index is 1.94. The fraction of sp³-hybridized carbons (Fsp3) is 0.190. The van der Waals surface area contributed by atoms with Crippen molar-refractivity contribution < 1.29 is 14.3 Å². The molecule has 1 fully saturated rings. The third-order valence-corrected chi connectivity index (χ3v) is 5.12. The fourth-order valence-electron chi connectivity index (χ4n) is 3.21. The summed E-state index contributed by atoms with van der Waals surface area (Å²) < 4.78 is 5.62. The van der Waals surface area contributed by atoms with Gasteiger partial charge in [0.1, 0.15) is 11.5 Å². The van der Waals surface area contributed by atoms with Gasteiger partial charge < -0.3 is 15.9 Å². The van der Waals surface area contributed by atoms with Crippen LogP contribution in [0.15, 0.2) is 66.1 Å². The monoisotopic (exact) mass is 446 g/mol. The van der Waals surface area contributed by atoms with E-state index in [0.29, 0.717) is 21.3 Å². The Morgan fingerprint density at radius 3 is 2.37 bits per heavy atom. The molecule has 1 aliphatic heterocycles. The van der Waals surface area contributed by atoms with Gasteiger partial charge >= 0.3 is 0 Å². The van der Waals surface area contributed by atoms with Crippen molar-refractivity contribution in [3.63, 3.8) is 0 Å². The number of nitrogens with two attached hydrogens (primary N) is 1. The van der Waals surface area contributed by atoms with Gasteiger partial charge in [-0.1, -0.05) is 53.5 Å². The van der Waals surface area contributed by atoms with Gasteiger partial charge in [-0.2, -0.15) is 0 Å². The van der Waals surface area contributed by atoms with Gasteiger partial charge in [0.2, 0.25) is 17.7 Å². The van der Waals surface area contributed by atoms with Gasteiger partial charge in [0.15, 0.2) is 5.88 Å². The van der Waals surface area contributed by atoms with Crippen molar-refractivity contribution in [2.45, 2.75) is 25.3 Å². The van der Waals surface area contributed by atoms with Crippen LogP contribution >= 0.6 is 23.2 Å². The predicted molar refractivity (Wildman–Crippen MR) is 117 cm³/mol. The first-order valence-electron chi connectivity index (χ1n) is 8.96. The summed E-state index contributed by atoms with van der Waals surface area (Å²) in [5.74, 6) is 3.56. The number of anilines is 1. The van der Waals surface area contributed by atoms with Crippen LogP contribution in [0, 0.1) is 0 Å². The molecule has 156 valence electrons. The van der Waals surface area contributed by atoms with E-state index in [2.05, 4.69) is 17.0 Å². The summed E-state index contributed by atoms with van der Waals surface area (Å²) in [4.78, 5) is 27.7. The highest BCUT2D eigenvalue weighted by Crippen LogP contribution is 2.34. The number of amides is 2. The van der Waals surface area contributed by atoms with Gasteiger partial charge in [-0.3, -0.25) is 14.5 Å². The van der Waals surface area contributed by atoms with Gasteiger partial charge in [0, 0.05) is 15.7 Å². The molecule has 7 nitrogen and oxygen atoms in total. The average Bonchev–Trinajstić information content (AvgIpc) is 2.67. The quantitative estimate of drug-likeness (QED) is 0.545. The molecule has 2 amide bonds. The summed E-state index contributed by atoms with van der Waals surface area (Å²) >= 11 is 12.0. The van der Waals surface area contributed by atoms with Crippen LogP contribution in [-0.2, 0) is 14.3 Å². The van der Waals surface area contributed by atoms with Crippen LogP contribution in [0.2, 0.25) is 10.0 Å². The Morgan fingerprint density at radius 1 is 1.20 bits per heavy atom. The van der Waals surface area contributed by atoms with E-state index in [9.17, 15) is 9.59 Å². The van der Waals surface area contributed by atoms with Crippen molar-refractivity contribution in [3.05, 3.63) is 76.6 Å². The van der Waals surface area contributed by atoms with Gasteiger partial charge in [-0.25, -0.2) is 0 Å². The number of carbonyl (C=O) groups is 2. The van der Waals surface area contributed by atoms with Crippen LogP contribution in [0.25, 0.3) is 0 Å². The minimum Gasteiger partial charge on any atom is -0.424 e. The van der Waals surface area contributed by atoms with Crippen LogP contribution in [0.5, 0.6) is 0 Å². The number of hydrogen-bond acceptors (Lipinski definition) is 5. The molecular formula is C21H20Cl2N4O3. The molecule has 3 rings (SSSR count). The first-order chi connectivity index (χ1) is 14.1. The van der Waals surface area contributed by atoms with Gasteiger partial charge in [0.05, 0.1) is 0 Å². The maximum atomic E-state index is 13.4. The second-order valence-corrected chi connectivity index (χ2v) is 8.02. The SMILES string of the molecule is C=C1OC(=NN)C(c2ccccc2)C(=O)N1C(C)(C)C(=O)Nc1cc(Cl)cc(Cl)c1. The normalized spacial score (nSPS) is 18.3. The molecule has 3 N–H and O–H groups in total. The number of nitrogens with one attached hydrogen (secondary N) is 1. The molecule has 1 unspecified atom stereocenters. The Labute approximate surface area is 184 Å². The molecule has 0 spiro atoms. The Hall–Kier alpha value is -3.03. The molecule has 1 atom stereocenters. The maximum absolute atomic E-state index is 13.4. The zero-order valence-electron chi connectivity index (χ0n) is 16.4. The van der Waals surface area contributed by atoms with Crippen LogP contribution < -0.4 is 11.2 Å². The molecule has 0 radical (unpaired) electrons. The molecule has 0 aliphatic carbocycles. The lowest BCUT2D eigenvalue weighted by atomic mass is 9.92. The third-order valence-electron chi connectivity index (χ3n) is 4.68. The molecule has 1 heterocycles. The number of nitrogens with zero attached hydrogens (tertiary/aromatic N) is 2. The number of carbonyl (C=O) groups excluding carboxylic acids is 2. The van der Waals surface area contributed by atoms with E-state index in [-0.39, 0.29) is 11.8 Å². The van der Waals surface area contributed by atoms with Gasteiger partial charge in [-0.05, 0) is 44.2 Å². The van der Waals surface area contributed by atoms with Crippen molar-refractivity contribution in [1.82, 2.24) is 4.90 Å². The van der Waals surface area contributed by atoms with Crippen molar-refractivity contribution in [3.8, 4) is 0 Å². The lowest BCUT2D eigenvalue weighted by Gasteiger charge is -2.42. The first-order valence-corrected chi connectivity index (χ1v) is 9.72. The first kappa shape index (κ1) is 21.7. The van der Waals surface area contributed by atoms with Crippen LogP contribution in [0.3, 0.4) is 0 Å². The summed E-state index contributed by atoms with van der Waals surface area (Å²) in [5.41, 5.74) is -0.344. The van der Waals surface area contributed by atoms with Crippen molar-refractivity contribution in [2.75, 3.05) is 5.32 Å². The lowest BCUT2D eigenvalue weighted by Crippen LogP contribution is -2.59. The highest BCUT2D eigenvalue weighted by molar-refractivity contribution is 6.35. The van der Waals surface area contributed by atoms with Crippen LogP contribution in [-0.4, -0.2) is 28.2 Å². The van der Waals surface area contributed by atoms with E-state index in [0.717, 1.165) is 0 Å². The Bertz CT molecular complexity index is 1020. The number of benzene rings is 2.